The van der Waals surface area contributed by atoms with Crippen molar-refractivity contribution in [3.05, 3.63) is 11.9 Å². The fraction of sp³-hybridized carbons (Fsp3) is 0.750. The lowest BCUT2D eigenvalue weighted by atomic mass is 10.0. The van der Waals surface area contributed by atoms with Crippen LogP contribution in [0.4, 0.5) is 5.95 Å². The van der Waals surface area contributed by atoms with Crippen LogP contribution in [0.5, 0.6) is 0 Å². The Labute approximate surface area is 98.7 Å². The summed E-state index contributed by atoms with van der Waals surface area (Å²) in [6.07, 6.45) is 2.10. The van der Waals surface area contributed by atoms with E-state index in [1.165, 1.54) is 0 Å². The fourth-order valence-corrected chi connectivity index (χ4v) is 1.52. The molecule has 1 aromatic heterocycles. The smallest absolute Gasteiger partial charge is 0.203 e. The molecule has 0 saturated heterocycles. The molecule has 1 N–H and O–H groups in total. The Hall–Kier alpha value is -1.03. The Morgan fingerprint density at radius 3 is 2.56 bits per heavy atom. The predicted octanol–water partition coefficient (Wildman–Crippen LogP) is 1.96. The Balaban J connectivity index is 2.87. The highest BCUT2D eigenvalue weighted by Gasteiger charge is 2.22. The van der Waals surface area contributed by atoms with Gasteiger partial charge in [0.25, 0.3) is 0 Å². The minimum absolute atomic E-state index is 0.122. The van der Waals surface area contributed by atoms with Crippen LogP contribution >= 0.6 is 0 Å². The lowest BCUT2D eigenvalue weighted by molar-refractivity contribution is 0.170. The number of anilines is 1. The van der Waals surface area contributed by atoms with E-state index >= 15 is 0 Å². The van der Waals surface area contributed by atoms with E-state index in [9.17, 15) is 0 Å². The summed E-state index contributed by atoms with van der Waals surface area (Å²) in [5.41, 5.74) is 1.18. The second-order valence-corrected chi connectivity index (χ2v) is 5.07. The molecule has 0 fully saturated rings. The molecule has 0 unspecified atom stereocenters. The summed E-state index contributed by atoms with van der Waals surface area (Å²) in [5.74, 6) is 0.968. The maximum absolute atomic E-state index is 4.48. The highest BCUT2D eigenvalue weighted by Crippen LogP contribution is 2.17. The van der Waals surface area contributed by atoms with E-state index in [-0.39, 0.29) is 5.54 Å². The third-order valence-corrected chi connectivity index (χ3v) is 3.00. The van der Waals surface area contributed by atoms with Gasteiger partial charge in [0.2, 0.25) is 5.95 Å². The minimum Gasteiger partial charge on any atom is -0.356 e. The van der Waals surface area contributed by atoms with Gasteiger partial charge in [0.15, 0.2) is 0 Å². The van der Waals surface area contributed by atoms with Crippen molar-refractivity contribution in [2.24, 2.45) is 0 Å². The molecule has 0 amide bonds. The van der Waals surface area contributed by atoms with Crippen LogP contribution in [0, 0.1) is 6.92 Å². The zero-order valence-corrected chi connectivity index (χ0v) is 11.3. The number of rotatable bonds is 5. The van der Waals surface area contributed by atoms with E-state index in [4.69, 9.17) is 0 Å². The zero-order valence-electron chi connectivity index (χ0n) is 11.3. The number of aryl methyl sites for hydroxylation is 1. The molecule has 0 aliphatic rings. The van der Waals surface area contributed by atoms with Gasteiger partial charge in [0.1, 0.15) is 0 Å². The highest BCUT2D eigenvalue weighted by atomic mass is 15.2. The van der Waals surface area contributed by atoms with Crippen molar-refractivity contribution >= 4 is 5.95 Å². The molecule has 4 nitrogen and oxygen atoms in total. The fourth-order valence-electron chi connectivity index (χ4n) is 1.52. The third-order valence-electron chi connectivity index (χ3n) is 3.00. The molecule has 0 spiro atoms. The van der Waals surface area contributed by atoms with Crippen LogP contribution < -0.4 is 5.32 Å². The van der Waals surface area contributed by atoms with E-state index in [0.29, 0.717) is 0 Å². The number of nitrogens with zero attached hydrogens (tertiary/aromatic N) is 3. The van der Waals surface area contributed by atoms with Crippen molar-refractivity contribution < 1.29 is 0 Å². The van der Waals surface area contributed by atoms with Crippen molar-refractivity contribution in [1.29, 1.82) is 0 Å². The van der Waals surface area contributed by atoms with Crippen molar-refractivity contribution in [1.82, 2.24) is 14.5 Å². The van der Waals surface area contributed by atoms with Crippen LogP contribution in [0.2, 0.25) is 0 Å². The number of nitrogens with one attached hydrogen (secondary N) is 1. The first-order valence-electron chi connectivity index (χ1n) is 5.82. The average Bonchev–Trinajstić information content (AvgIpc) is 2.46. The summed E-state index contributed by atoms with van der Waals surface area (Å²) in [7, 11) is 4.22. The molecule has 0 bridgehead atoms. The van der Waals surface area contributed by atoms with Crippen LogP contribution in [0.1, 0.15) is 26.5 Å². The number of hydrogen-bond acceptors (Lipinski definition) is 3. The molecule has 0 saturated carbocycles. The lowest BCUT2D eigenvalue weighted by Gasteiger charge is -2.33. The maximum Gasteiger partial charge on any atom is 0.203 e. The molecule has 1 heterocycles. The third kappa shape index (κ3) is 2.98. The first-order valence-corrected chi connectivity index (χ1v) is 5.82. The first-order chi connectivity index (χ1) is 7.36. The van der Waals surface area contributed by atoms with Crippen LogP contribution in [-0.4, -0.2) is 40.6 Å². The molecule has 0 aliphatic carbocycles. The SMILES string of the molecule is CCNc1nc(C)cn1CC(C)(C)N(C)C. The van der Waals surface area contributed by atoms with Crippen LogP contribution in [0.25, 0.3) is 0 Å². The summed E-state index contributed by atoms with van der Waals surface area (Å²) >= 11 is 0. The van der Waals surface area contributed by atoms with Crippen molar-refractivity contribution in [2.75, 3.05) is 26.0 Å². The lowest BCUT2D eigenvalue weighted by Crippen LogP contribution is -2.42. The number of likely N-dealkylation sites (N-methyl/N-ethyl adjacent to an activating group) is 1. The van der Waals surface area contributed by atoms with E-state index in [1.54, 1.807) is 0 Å². The van der Waals surface area contributed by atoms with E-state index in [2.05, 4.69) is 60.8 Å². The Morgan fingerprint density at radius 1 is 1.44 bits per heavy atom. The molecule has 0 aromatic carbocycles. The van der Waals surface area contributed by atoms with Gasteiger partial charge in [-0.05, 0) is 41.8 Å². The Bertz CT molecular complexity index is 339. The molecule has 1 rings (SSSR count). The van der Waals surface area contributed by atoms with Crippen molar-refractivity contribution in [2.45, 2.75) is 39.8 Å². The number of aromatic nitrogens is 2. The molecular weight excluding hydrogens is 200 g/mol. The summed E-state index contributed by atoms with van der Waals surface area (Å²) in [6, 6.07) is 0. The molecule has 4 heteroatoms. The number of imidazole rings is 1. The topological polar surface area (TPSA) is 33.1 Å². The van der Waals surface area contributed by atoms with Gasteiger partial charge in [-0.15, -0.1) is 0 Å². The van der Waals surface area contributed by atoms with Gasteiger partial charge < -0.3 is 14.8 Å². The second-order valence-electron chi connectivity index (χ2n) is 5.07. The van der Waals surface area contributed by atoms with Crippen LogP contribution in [0.15, 0.2) is 6.20 Å². The molecular formula is C12H24N4. The summed E-state index contributed by atoms with van der Waals surface area (Å²) in [6.45, 7) is 10.4. The van der Waals surface area contributed by atoms with E-state index < -0.39 is 0 Å². The van der Waals surface area contributed by atoms with E-state index in [1.807, 2.05) is 6.92 Å². The van der Waals surface area contributed by atoms with Gasteiger partial charge in [0, 0.05) is 24.8 Å². The molecule has 0 radical (unpaired) electrons. The zero-order chi connectivity index (χ0) is 12.3. The molecule has 92 valence electrons. The molecule has 0 atom stereocenters. The van der Waals surface area contributed by atoms with Crippen LogP contribution in [0.3, 0.4) is 0 Å². The minimum atomic E-state index is 0.122. The van der Waals surface area contributed by atoms with Gasteiger partial charge in [-0.1, -0.05) is 0 Å². The Kier molecular flexibility index (Phi) is 3.97. The normalized spacial score (nSPS) is 12.2. The summed E-state index contributed by atoms with van der Waals surface area (Å²) < 4.78 is 2.19. The van der Waals surface area contributed by atoms with Crippen molar-refractivity contribution in [3.63, 3.8) is 0 Å². The average molecular weight is 224 g/mol. The second kappa shape index (κ2) is 4.87. The molecule has 16 heavy (non-hydrogen) atoms. The van der Waals surface area contributed by atoms with Gasteiger partial charge in [0.05, 0.1) is 5.69 Å². The van der Waals surface area contributed by atoms with Gasteiger partial charge in [-0.25, -0.2) is 4.98 Å². The first kappa shape index (κ1) is 13.0. The Morgan fingerprint density at radius 2 is 2.06 bits per heavy atom. The predicted molar refractivity (Wildman–Crippen MR) is 68.9 cm³/mol. The van der Waals surface area contributed by atoms with Crippen molar-refractivity contribution in [3.8, 4) is 0 Å². The monoisotopic (exact) mass is 224 g/mol. The largest absolute Gasteiger partial charge is 0.356 e. The van der Waals surface area contributed by atoms with E-state index in [0.717, 1.165) is 24.7 Å². The highest BCUT2D eigenvalue weighted by molar-refractivity contribution is 5.28. The van der Waals surface area contributed by atoms with Crippen LogP contribution in [-0.2, 0) is 6.54 Å². The summed E-state index contributed by atoms with van der Waals surface area (Å²) in [4.78, 5) is 6.71. The maximum atomic E-state index is 4.48. The number of hydrogen-bond donors (Lipinski definition) is 1. The van der Waals surface area contributed by atoms with Gasteiger partial charge >= 0.3 is 0 Å². The molecule has 1 aromatic rings. The molecule has 0 aliphatic heterocycles. The van der Waals surface area contributed by atoms with Gasteiger partial charge in [-0.2, -0.15) is 0 Å². The van der Waals surface area contributed by atoms with Gasteiger partial charge in [-0.3, -0.25) is 0 Å². The summed E-state index contributed by atoms with van der Waals surface area (Å²) in [5, 5.41) is 3.29. The quantitative estimate of drug-likeness (QED) is 0.830. The standard InChI is InChI=1S/C12H24N4/c1-7-13-11-14-10(2)8-16(11)9-12(3,4)15(5)6/h8H,7,9H2,1-6H3,(H,13,14).